The smallest absolute Gasteiger partial charge is 0.300 e. The van der Waals surface area contributed by atoms with Crippen molar-refractivity contribution in [2.75, 3.05) is 12.0 Å². The Kier molecular flexibility index (Phi) is 5.95. The number of rotatable bonds is 4. The van der Waals surface area contributed by atoms with Gasteiger partial charge >= 0.3 is 0 Å². The number of benzene rings is 3. The molecule has 0 radical (unpaired) electrons. The second-order valence-corrected chi connectivity index (χ2v) is 8.24. The number of methoxy groups -OCH3 is 1. The summed E-state index contributed by atoms with van der Waals surface area (Å²) in [4.78, 5) is 27.7. The van der Waals surface area contributed by atoms with Gasteiger partial charge in [-0.3, -0.25) is 14.5 Å². The Labute approximate surface area is 195 Å². The lowest BCUT2D eigenvalue weighted by atomic mass is 9.95. The summed E-state index contributed by atoms with van der Waals surface area (Å²) < 4.78 is 18.9. The van der Waals surface area contributed by atoms with Crippen LogP contribution in [0.1, 0.15) is 28.3 Å². The van der Waals surface area contributed by atoms with E-state index in [2.05, 4.69) is 0 Å². The first-order chi connectivity index (χ1) is 15.7. The van der Waals surface area contributed by atoms with Crippen LogP contribution in [-0.2, 0) is 9.59 Å². The molecule has 0 spiro atoms. The fourth-order valence-corrected chi connectivity index (χ4v) is 4.10. The van der Waals surface area contributed by atoms with Gasteiger partial charge in [0.25, 0.3) is 11.7 Å². The molecule has 1 amide bonds. The number of aliphatic hydroxyl groups excluding tert-OH is 1. The first-order valence-corrected chi connectivity index (χ1v) is 10.6. The van der Waals surface area contributed by atoms with E-state index in [1.165, 1.54) is 48.4 Å². The van der Waals surface area contributed by atoms with E-state index in [9.17, 15) is 19.1 Å². The number of ether oxygens (including phenoxy) is 1. The predicted octanol–water partition coefficient (Wildman–Crippen LogP) is 5.73. The van der Waals surface area contributed by atoms with Gasteiger partial charge in [-0.05, 0) is 73.0 Å². The van der Waals surface area contributed by atoms with Crippen molar-refractivity contribution in [3.05, 3.63) is 99.3 Å². The molecule has 0 aliphatic carbocycles. The van der Waals surface area contributed by atoms with E-state index in [0.29, 0.717) is 17.0 Å². The summed E-state index contributed by atoms with van der Waals surface area (Å²) in [6, 6.07) is 14.5. The number of aliphatic hydroxyl groups is 1. The van der Waals surface area contributed by atoms with E-state index in [1.54, 1.807) is 18.2 Å². The molecule has 5 nitrogen and oxygen atoms in total. The van der Waals surface area contributed by atoms with E-state index in [0.717, 1.165) is 11.1 Å². The third kappa shape index (κ3) is 3.98. The average Bonchev–Trinajstić information content (AvgIpc) is 3.06. The normalized spacial score (nSPS) is 17.5. The third-order valence-electron chi connectivity index (χ3n) is 5.83. The van der Waals surface area contributed by atoms with Crippen LogP contribution in [0.25, 0.3) is 5.76 Å². The highest BCUT2D eigenvalue weighted by atomic mass is 35.5. The van der Waals surface area contributed by atoms with Gasteiger partial charge in [-0.2, -0.15) is 0 Å². The van der Waals surface area contributed by atoms with Gasteiger partial charge in [0.15, 0.2) is 0 Å². The van der Waals surface area contributed by atoms with Crippen LogP contribution in [0.15, 0.2) is 66.2 Å². The molecule has 1 saturated heterocycles. The van der Waals surface area contributed by atoms with E-state index >= 15 is 0 Å². The lowest BCUT2D eigenvalue weighted by molar-refractivity contribution is -0.132. The summed E-state index contributed by atoms with van der Waals surface area (Å²) >= 11 is 6.31. The Bertz CT molecular complexity index is 1300. The van der Waals surface area contributed by atoms with Crippen molar-refractivity contribution in [1.82, 2.24) is 0 Å². The number of anilines is 1. The second-order valence-electron chi connectivity index (χ2n) is 7.83. The Balaban J connectivity index is 1.98. The van der Waals surface area contributed by atoms with Gasteiger partial charge in [0, 0.05) is 11.3 Å². The Hall–Kier alpha value is -3.64. The SMILES string of the molecule is COc1ccc(Cl)c(/C(O)=C2\C(=O)C(=O)N(c3ccc(C)c(C)c3)C2c2ccc(F)cc2)c1. The van der Waals surface area contributed by atoms with Crippen LogP contribution in [0.2, 0.25) is 5.02 Å². The van der Waals surface area contributed by atoms with Crippen LogP contribution in [0.5, 0.6) is 5.75 Å². The van der Waals surface area contributed by atoms with Crippen molar-refractivity contribution in [2.24, 2.45) is 0 Å². The van der Waals surface area contributed by atoms with Crippen LogP contribution in [0, 0.1) is 19.7 Å². The molecule has 0 aromatic heterocycles. The predicted molar refractivity (Wildman–Crippen MR) is 125 cm³/mol. The summed E-state index contributed by atoms with van der Waals surface area (Å²) in [6.07, 6.45) is 0. The molecule has 1 unspecified atom stereocenters. The molecule has 4 rings (SSSR count). The molecule has 1 N–H and O–H groups in total. The maximum absolute atomic E-state index is 13.7. The standard InChI is InChI=1S/C26H21ClFNO4/c1-14-4-9-18(12-15(14)2)29-23(16-5-7-17(28)8-6-16)22(25(31)26(29)32)24(30)20-13-19(33-3)10-11-21(20)27/h4-13,23,30H,1-3H3/b24-22+. The zero-order valence-electron chi connectivity index (χ0n) is 18.2. The molecule has 3 aromatic rings. The van der Waals surface area contributed by atoms with Crippen LogP contribution >= 0.6 is 11.6 Å². The van der Waals surface area contributed by atoms with Gasteiger partial charge in [-0.25, -0.2) is 4.39 Å². The highest BCUT2D eigenvalue weighted by Crippen LogP contribution is 2.43. The van der Waals surface area contributed by atoms with Crippen molar-refractivity contribution < 1.29 is 23.8 Å². The molecule has 33 heavy (non-hydrogen) atoms. The molecule has 1 fully saturated rings. The number of nitrogens with zero attached hydrogens (tertiary/aromatic N) is 1. The van der Waals surface area contributed by atoms with Gasteiger partial charge in [0.05, 0.1) is 23.7 Å². The molecular weight excluding hydrogens is 445 g/mol. The summed E-state index contributed by atoms with van der Waals surface area (Å²) in [5.74, 6) is -2.13. The van der Waals surface area contributed by atoms with Crippen LogP contribution < -0.4 is 9.64 Å². The maximum atomic E-state index is 13.7. The minimum absolute atomic E-state index is 0.139. The first kappa shape index (κ1) is 22.6. The zero-order valence-corrected chi connectivity index (χ0v) is 19.0. The number of Topliss-reactive ketones (excluding diaryl/α,β-unsaturated/α-hetero) is 1. The summed E-state index contributed by atoms with van der Waals surface area (Å²) in [5.41, 5.74) is 2.93. The molecule has 1 atom stereocenters. The van der Waals surface area contributed by atoms with Crippen molar-refractivity contribution in [3.63, 3.8) is 0 Å². The highest BCUT2D eigenvalue weighted by Gasteiger charge is 2.47. The summed E-state index contributed by atoms with van der Waals surface area (Å²) in [6.45, 7) is 3.84. The number of hydrogen-bond acceptors (Lipinski definition) is 4. The molecule has 7 heteroatoms. The number of halogens is 2. The van der Waals surface area contributed by atoms with E-state index < -0.39 is 29.3 Å². The monoisotopic (exact) mass is 465 g/mol. The van der Waals surface area contributed by atoms with E-state index in [4.69, 9.17) is 16.3 Å². The van der Waals surface area contributed by atoms with Gasteiger partial charge in [-0.1, -0.05) is 29.8 Å². The van der Waals surface area contributed by atoms with Gasteiger partial charge in [-0.15, -0.1) is 0 Å². The molecular formula is C26H21ClFNO4. The summed E-state index contributed by atoms with van der Waals surface area (Å²) in [5, 5.41) is 11.4. The van der Waals surface area contributed by atoms with Crippen molar-refractivity contribution in [2.45, 2.75) is 19.9 Å². The summed E-state index contributed by atoms with van der Waals surface area (Å²) in [7, 11) is 1.46. The molecule has 168 valence electrons. The molecule has 1 aliphatic rings. The number of carbonyl (C=O) groups excluding carboxylic acids is 2. The largest absolute Gasteiger partial charge is 0.507 e. The number of hydrogen-bond donors (Lipinski definition) is 1. The number of aryl methyl sites for hydroxylation is 2. The Morgan fingerprint density at radius 1 is 1.00 bits per heavy atom. The lowest BCUT2D eigenvalue weighted by Gasteiger charge is -2.26. The Morgan fingerprint density at radius 2 is 1.70 bits per heavy atom. The van der Waals surface area contributed by atoms with Crippen LogP contribution in [-0.4, -0.2) is 23.9 Å². The maximum Gasteiger partial charge on any atom is 0.300 e. The average molecular weight is 466 g/mol. The fourth-order valence-electron chi connectivity index (χ4n) is 3.89. The van der Waals surface area contributed by atoms with Crippen molar-refractivity contribution in [1.29, 1.82) is 0 Å². The molecule has 1 aliphatic heterocycles. The van der Waals surface area contributed by atoms with Gasteiger partial charge in [0.2, 0.25) is 0 Å². The van der Waals surface area contributed by atoms with Crippen LogP contribution in [0.4, 0.5) is 10.1 Å². The minimum Gasteiger partial charge on any atom is -0.507 e. The zero-order chi connectivity index (χ0) is 23.9. The topological polar surface area (TPSA) is 66.8 Å². The van der Waals surface area contributed by atoms with Gasteiger partial charge in [0.1, 0.15) is 17.3 Å². The lowest BCUT2D eigenvalue weighted by Crippen LogP contribution is -2.29. The van der Waals surface area contributed by atoms with E-state index in [1.807, 2.05) is 19.9 Å². The van der Waals surface area contributed by atoms with Crippen molar-refractivity contribution in [3.8, 4) is 5.75 Å². The molecule has 1 heterocycles. The van der Waals surface area contributed by atoms with Gasteiger partial charge < -0.3 is 9.84 Å². The number of amides is 1. The van der Waals surface area contributed by atoms with E-state index in [-0.39, 0.29) is 16.2 Å². The molecule has 3 aromatic carbocycles. The number of carbonyl (C=O) groups is 2. The minimum atomic E-state index is -0.977. The second kappa shape index (κ2) is 8.71. The first-order valence-electron chi connectivity index (χ1n) is 10.2. The Morgan fingerprint density at radius 3 is 2.33 bits per heavy atom. The highest BCUT2D eigenvalue weighted by molar-refractivity contribution is 6.52. The molecule has 0 bridgehead atoms. The fraction of sp³-hybridized carbons (Fsp3) is 0.154. The van der Waals surface area contributed by atoms with Crippen molar-refractivity contribution >= 4 is 34.7 Å². The molecule has 0 saturated carbocycles. The quantitative estimate of drug-likeness (QED) is 0.303. The van der Waals surface area contributed by atoms with Crippen LogP contribution in [0.3, 0.4) is 0 Å². The third-order valence-corrected chi connectivity index (χ3v) is 6.16. The number of ketones is 1.